The van der Waals surface area contributed by atoms with E-state index in [1.165, 1.54) is 0 Å². The molecular weight excluding hydrogens is 169 g/mol. The Bertz CT molecular complexity index is 135. The highest BCUT2D eigenvalue weighted by Crippen LogP contribution is 2.17. The van der Waals surface area contributed by atoms with Crippen molar-refractivity contribution in [1.82, 2.24) is 0 Å². The lowest BCUT2D eigenvalue weighted by Gasteiger charge is -2.00. The molecule has 0 radical (unpaired) electrons. The van der Waals surface area contributed by atoms with E-state index < -0.39 is 11.0 Å². The summed E-state index contributed by atoms with van der Waals surface area (Å²) < 4.78 is 34.2. The number of halogens is 3. The minimum Gasteiger partial charge on any atom is -0.165 e. The van der Waals surface area contributed by atoms with Crippen molar-refractivity contribution in [3.05, 3.63) is 11.5 Å². The highest BCUT2D eigenvalue weighted by Gasteiger charge is 2.31. The van der Waals surface area contributed by atoms with Crippen LogP contribution in [0.3, 0.4) is 0 Å². The van der Waals surface area contributed by atoms with Gasteiger partial charge in [-0.15, -0.1) is 0 Å². The van der Waals surface area contributed by atoms with Gasteiger partial charge in [0.25, 0.3) is 0 Å². The number of hydrogen-bond donors (Lipinski definition) is 1. The minimum absolute atomic E-state index is 0.721. The van der Waals surface area contributed by atoms with Crippen LogP contribution in [0, 0.1) is 0 Å². The molecule has 0 aliphatic rings. The third-order valence-corrected chi connectivity index (χ3v) is 1.02. The van der Waals surface area contributed by atoms with E-state index in [0.29, 0.717) is 0 Å². The molecule has 0 amide bonds. The zero-order valence-corrected chi connectivity index (χ0v) is 5.85. The van der Waals surface area contributed by atoms with Crippen LogP contribution in [0.15, 0.2) is 11.5 Å². The Hall–Kier alpha value is -0.0300. The zero-order valence-electron chi connectivity index (χ0n) is 4.14. The van der Waals surface area contributed by atoms with E-state index in [4.69, 9.17) is 0 Å². The van der Waals surface area contributed by atoms with Gasteiger partial charge in [0.1, 0.15) is 4.86 Å². The first-order valence-electron chi connectivity index (χ1n) is 1.90. The van der Waals surface area contributed by atoms with E-state index in [-0.39, 0.29) is 0 Å². The molecule has 0 rings (SSSR count). The second-order valence-corrected chi connectivity index (χ2v) is 1.92. The van der Waals surface area contributed by atoms with Gasteiger partial charge in [-0.3, -0.25) is 0 Å². The van der Waals surface area contributed by atoms with E-state index in [1.807, 2.05) is 0 Å². The summed E-state index contributed by atoms with van der Waals surface area (Å²) in [7, 11) is 0. The molecule has 5 heteroatoms. The van der Waals surface area contributed by atoms with Crippen LogP contribution in [0.4, 0.5) is 13.2 Å². The van der Waals surface area contributed by atoms with E-state index in [2.05, 4.69) is 24.8 Å². The largest absolute Gasteiger partial charge is 0.426 e. The monoisotopic (exact) mass is 172 g/mol. The van der Waals surface area contributed by atoms with Crippen molar-refractivity contribution >= 4 is 29.7 Å². The zero-order chi connectivity index (χ0) is 7.49. The number of thiol groups is 1. The van der Waals surface area contributed by atoms with E-state index in [0.717, 1.165) is 11.5 Å². The Morgan fingerprint density at radius 3 is 2.00 bits per heavy atom. The van der Waals surface area contributed by atoms with Crippen LogP contribution >= 0.6 is 24.8 Å². The van der Waals surface area contributed by atoms with E-state index in [1.54, 1.807) is 0 Å². The van der Waals surface area contributed by atoms with Gasteiger partial charge in [-0.05, 0) is 11.5 Å². The van der Waals surface area contributed by atoms with Crippen molar-refractivity contribution in [3.8, 4) is 0 Å². The lowest BCUT2D eigenvalue weighted by atomic mass is 10.4. The Kier molecular flexibility index (Phi) is 3.21. The molecule has 0 aromatic heterocycles. The van der Waals surface area contributed by atoms with Gasteiger partial charge in [-0.1, -0.05) is 12.2 Å². The molecule has 0 aromatic rings. The Morgan fingerprint density at radius 1 is 1.44 bits per heavy atom. The van der Waals surface area contributed by atoms with Gasteiger partial charge in [-0.2, -0.15) is 25.8 Å². The Balaban J connectivity index is 4.06. The predicted molar refractivity (Wildman–Crippen MR) is 36.8 cm³/mol. The summed E-state index contributed by atoms with van der Waals surface area (Å²) in [5.41, 5.74) is 0. The third-order valence-electron chi connectivity index (χ3n) is 0.505. The molecule has 0 N–H and O–H groups in total. The molecule has 0 saturated heterocycles. The first-order chi connectivity index (χ1) is 3.98. The van der Waals surface area contributed by atoms with Crippen LogP contribution in [0.2, 0.25) is 0 Å². The number of thiocarbonyl (C=S) groups is 1. The maximum Gasteiger partial charge on any atom is 0.426 e. The minimum atomic E-state index is -4.39. The average molecular weight is 172 g/mol. The molecule has 0 unspecified atom stereocenters. The topological polar surface area (TPSA) is 0 Å². The molecule has 9 heavy (non-hydrogen) atoms. The first-order valence-corrected chi connectivity index (χ1v) is 2.83. The van der Waals surface area contributed by atoms with Crippen molar-refractivity contribution in [2.75, 3.05) is 0 Å². The van der Waals surface area contributed by atoms with Crippen LogP contribution in [0.1, 0.15) is 0 Å². The van der Waals surface area contributed by atoms with Crippen molar-refractivity contribution in [3.63, 3.8) is 0 Å². The van der Waals surface area contributed by atoms with Crippen molar-refractivity contribution in [2.24, 2.45) is 0 Å². The summed E-state index contributed by atoms with van der Waals surface area (Å²) >= 11 is 7.35. The normalized spacial score (nSPS) is 12.4. The summed E-state index contributed by atoms with van der Waals surface area (Å²) in [6.45, 7) is 0. The summed E-state index contributed by atoms with van der Waals surface area (Å²) in [4.78, 5) is -1.06. The molecular formula is C4H3F3S2. The lowest BCUT2D eigenvalue weighted by Crippen LogP contribution is -2.17. The maximum atomic E-state index is 11.4. The fourth-order valence-corrected chi connectivity index (χ4v) is 0.480. The summed E-state index contributed by atoms with van der Waals surface area (Å²) in [6.07, 6.45) is -3.67. The van der Waals surface area contributed by atoms with Crippen molar-refractivity contribution in [1.29, 1.82) is 0 Å². The molecule has 0 atom stereocenters. The van der Waals surface area contributed by atoms with Gasteiger partial charge in [0, 0.05) is 0 Å². The van der Waals surface area contributed by atoms with E-state index >= 15 is 0 Å². The standard InChI is InChI=1S/C4H3F3S2/c5-4(6,7)3(9)1-2-8/h1-2,8H/b2-1+. The Labute approximate surface area is 61.2 Å². The molecule has 0 aliphatic carbocycles. The van der Waals surface area contributed by atoms with Crippen LogP contribution in [0.25, 0.3) is 0 Å². The highest BCUT2D eigenvalue weighted by atomic mass is 32.1. The van der Waals surface area contributed by atoms with Crippen LogP contribution < -0.4 is 0 Å². The smallest absolute Gasteiger partial charge is 0.165 e. The summed E-state index contributed by atoms with van der Waals surface area (Å²) in [6, 6.07) is 0. The molecule has 52 valence electrons. The van der Waals surface area contributed by atoms with Crippen LogP contribution in [-0.4, -0.2) is 11.0 Å². The molecule has 0 heterocycles. The van der Waals surface area contributed by atoms with Gasteiger partial charge in [-0.25, -0.2) is 0 Å². The van der Waals surface area contributed by atoms with Crippen LogP contribution in [0.5, 0.6) is 0 Å². The molecule has 0 spiro atoms. The van der Waals surface area contributed by atoms with Crippen molar-refractivity contribution in [2.45, 2.75) is 6.18 Å². The van der Waals surface area contributed by atoms with Gasteiger partial charge < -0.3 is 0 Å². The molecule has 0 nitrogen and oxygen atoms in total. The highest BCUT2D eigenvalue weighted by molar-refractivity contribution is 7.83. The summed E-state index contributed by atoms with van der Waals surface area (Å²) in [5, 5.41) is 0.954. The molecule has 0 fully saturated rings. The summed E-state index contributed by atoms with van der Waals surface area (Å²) in [5.74, 6) is 0. The van der Waals surface area contributed by atoms with Crippen molar-refractivity contribution < 1.29 is 13.2 Å². The number of hydrogen-bond acceptors (Lipinski definition) is 2. The molecule has 0 bridgehead atoms. The number of allylic oxidation sites excluding steroid dienone is 1. The molecule has 0 aliphatic heterocycles. The SMILES string of the molecule is FC(F)(F)C(=S)/C=C/S. The third kappa shape index (κ3) is 3.53. The number of rotatable bonds is 1. The second kappa shape index (κ2) is 3.22. The van der Waals surface area contributed by atoms with E-state index in [9.17, 15) is 13.2 Å². The second-order valence-electron chi connectivity index (χ2n) is 1.18. The van der Waals surface area contributed by atoms with Gasteiger partial charge in [0.05, 0.1) is 0 Å². The molecule has 0 aromatic carbocycles. The maximum absolute atomic E-state index is 11.4. The lowest BCUT2D eigenvalue weighted by molar-refractivity contribution is -0.0552. The number of alkyl halides is 3. The van der Waals surface area contributed by atoms with Gasteiger partial charge in [0.15, 0.2) is 0 Å². The van der Waals surface area contributed by atoms with Gasteiger partial charge >= 0.3 is 6.18 Å². The molecule has 0 saturated carbocycles. The Morgan fingerprint density at radius 2 is 1.89 bits per heavy atom. The quantitative estimate of drug-likeness (QED) is 0.360. The van der Waals surface area contributed by atoms with Gasteiger partial charge in [0.2, 0.25) is 0 Å². The fourth-order valence-electron chi connectivity index (χ4n) is 0.162. The first kappa shape index (κ1) is 8.97. The average Bonchev–Trinajstić information content (AvgIpc) is 1.64. The fraction of sp³-hybridized carbons (Fsp3) is 0.250. The predicted octanol–water partition coefficient (Wildman–Crippen LogP) is 2.36. The van der Waals surface area contributed by atoms with Crippen LogP contribution in [-0.2, 0) is 0 Å².